The predicted molar refractivity (Wildman–Crippen MR) is 62.9 cm³/mol. The van der Waals surface area contributed by atoms with Crippen LogP contribution in [0.1, 0.15) is 17.1 Å². The molecule has 5 nitrogen and oxygen atoms in total. The Bertz CT molecular complexity index is 502. The van der Waals surface area contributed by atoms with Crippen molar-refractivity contribution in [3.05, 3.63) is 41.9 Å². The third-order valence-electron chi connectivity index (χ3n) is 3.15. The van der Waals surface area contributed by atoms with Crippen LogP contribution >= 0.6 is 0 Å². The summed E-state index contributed by atoms with van der Waals surface area (Å²) in [5.74, 6) is 2.10. The van der Waals surface area contributed by atoms with Gasteiger partial charge in [-0.05, 0) is 6.07 Å². The molecular weight excluding hydrogens is 216 g/mol. The van der Waals surface area contributed by atoms with E-state index in [1.54, 1.807) is 6.26 Å². The average molecular weight is 232 g/mol. The zero-order chi connectivity index (χ0) is 11.7. The molecule has 0 bridgehead atoms. The van der Waals surface area contributed by atoms with E-state index in [-0.39, 0.29) is 0 Å². The highest BCUT2D eigenvalue weighted by Gasteiger charge is 2.17. The number of imidazole rings is 1. The number of furan rings is 1. The number of aromatic nitrogens is 2. The zero-order valence-corrected chi connectivity index (χ0v) is 9.67. The first-order valence-corrected chi connectivity index (χ1v) is 5.84. The molecule has 0 saturated heterocycles. The molecular formula is C12H16N4O. The SMILES string of the molecule is NCc1coc(CN2CCn3ccnc3C2)c1. The molecule has 2 aromatic heterocycles. The zero-order valence-electron chi connectivity index (χ0n) is 9.67. The third kappa shape index (κ3) is 2.11. The molecule has 0 aliphatic carbocycles. The van der Waals surface area contributed by atoms with Crippen molar-refractivity contribution in [3.63, 3.8) is 0 Å². The van der Waals surface area contributed by atoms with Gasteiger partial charge in [0.2, 0.25) is 0 Å². The summed E-state index contributed by atoms with van der Waals surface area (Å²) in [5.41, 5.74) is 6.61. The first kappa shape index (κ1) is 10.6. The molecule has 1 aliphatic rings. The van der Waals surface area contributed by atoms with Crippen LogP contribution in [0, 0.1) is 0 Å². The fraction of sp³-hybridized carbons (Fsp3) is 0.417. The maximum atomic E-state index is 5.56. The second kappa shape index (κ2) is 4.35. The molecule has 90 valence electrons. The Hall–Kier alpha value is -1.59. The second-order valence-corrected chi connectivity index (χ2v) is 4.37. The number of nitrogens with zero attached hydrogens (tertiary/aromatic N) is 3. The largest absolute Gasteiger partial charge is 0.468 e. The van der Waals surface area contributed by atoms with Gasteiger partial charge in [0, 0.05) is 37.6 Å². The van der Waals surface area contributed by atoms with Gasteiger partial charge in [0.1, 0.15) is 11.6 Å². The van der Waals surface area contributed by atoms with Gasteiger partial charge in [-0.2, -0.15) is 0 Å². The smallest absolute Gasteiger partial charge is 0.122 e. The molecule has 1 aliphatic heterocycles. The summed E-state index contributed by atoms with van der Waals surface area (Å²) < 4.78 is 7.68. The van der Waals surface area contributed by atoms with Crippen LogP contribution in [0.15, 0.2) is 29.1 Å². The lowest BCUT2D eigenvalue weighted by Crippen LogP contribution is -2.33. The highest BCUT2D eigenvalue weighted by atomic mass is 16.3. The molecule has 0 amide bonds. The fourth-order valence-electron chi connectivity index (χ4n) is 2.19. The molecule has 0 radical (unpaired) electrons. The minimum Gasteiger partial charge on any atom is -0.468 e. The van der Waals surface area contributed by atoms with Gasteiger partial charge in [-0.1, -0.05) is 0 Å². The van der Waals surface area contributed by atoms with E-state index in [2.05, 4.69) is 14.5 Å². The topological polar surface area (TPSA) is 60.2 Å². The number of fused-ring (bicyclic) bond motifs is 1. The van der Waals surface area contributed by atoms with Crippen LogP contribution in [0.3, 0.4) is 0 Å². The van der Waals surface area contributed by atoms with Crippen molar-refractivity contribution < 1.29 is 4.42 Å². The molecule has 0 aromatic carbocycles. The van der Waals surface area contributed by atoms with Gasteiger partial charge < -0.3 is 14.7 Å². The Morgan fingerprint density at radius 1 is 1.41 bits per heavy atom. The molecule has 0 fully saturated rings. The number of hydrogen-bond donors (Lipinski definition) is 1. The molecule has 0 unspecified atom stereocenters. The predicted octanol–water partition coefficient (Wildman–Crippen LogP) is 0.951. The average Bonchev–Trinajstić information content (AvgIpc) is 2.96. The molecule has 2 aromatic rings. The van der Waals surface area contributed by atoms with E-state index in [1.165, 1.54) is 0 Å². The lowest BCUT2D eigenvalue weighted by Gasteiger charge is -2.26. The Balaban J connectivity index is 1.67. The number of nitrogens with two attached hydrogens (primary N) is 1. The number of rotatable bonds is 3. The fourth-order valence-corrected chi connectivity index (χ4v) is 2.19. The van der Waals surface area contributed by atoms with Gasteiger partial charge in [-0.25, -0.2) is 4.98 Å². The summed E-state index contributed by atoms with van der Waals surface area (Å²) in [6, 6.07) is 2.03. The maximum Gasteiger partial charge on any atom is 0.122 e. The van der Waals surface area contributed by atoms with Crippen molar-refractivity contribution in [3.8, 4) is 0 Å². The second-order valence-electron chi connectivity index (χ2n) is 4.37. The van der Waals surface area contributed by atoms with E-state index < -0.39 is 0 Å². The lowest BCUT2D eigenvalue weighted by atomic mass is 10.3. The molecule has 2 N–H and O–H groups in total. The summed E-state index contributed by atoms with van der Waals surface area (Å²) in [5, 5.41) is 0. The Morgan fingerprint density at radius 2 is 2.35 bits per heavy atom. The summed E-state index contributed by atoms with van der Waals surface area (Å²) in [4.78, 5) is 6.68. The van der Waals surface area contributed by atoms with Crippen LogP contribution in [-0.2, 0) is 26.2 Å². The summed E-state index contributed by atoms with van der Waals surface area (Å²) in [6.45, 7) is 4.27. The van der Waals surface area contributed by atoms with E-state index in [1.807, 2.05) is 18.5 Å². The van der Waals surface area contributed by atoms with Gasteiger partial charge in [-0.15, -0.1) is 0 Å². The standard InChI is InChI=1S/C12H16N4O/c13-6-10-5-11(17-9-10)7-15-3-4-16-2-1-14-12(16)8-15/h1-2,5,9H,3-4,6-8,13H2. The van der Waals surface area contributed by atoms with Crippen molar-refractivity contribution in [1.29, 1.82) is 0 Å². The van der Waals surface area contributed by atoms with Crippen LogP contribution in [0.2, 0.25) is 0 Å². The van der Waals surface area contributed by atoms with Crippen LogP contribution < -0.4 is 5.73 Å². The molecule has 0 saturated carbocycles. The van der Waals surface area contributed by atoms with Crippen LogP contribution in [0.5, 0.6) is 0 Å². The van der Waals surface area contributed by atoms with Gasteiger partial charge in [-0.3, -0.25) is 4.90 Å². The van der Waals surface area contributed by atoms with Crippen LogP contribution in [0.25, 0.3) is 0 Å². The minimum atomic E-state index is 0.536. The molecule has 0 atom stereocenters. The van der Waals surface area contributed by atoms with E-state index in [0.717, 1.165) is 43.3 Å². The monoisotopic (exact) mass is 232 g/mol. The number of hydrogen-bond acceptors (Lipinski definition) is 4. The van der Waals surface area contributed by atoms with Crippen molar-refractivity contribution >= 4 is 0 Å². The Labute approximate surface area is 99.8 Å². The third-order valence-corrected chi connectivity index (χ3v) is 3.15. The van der Waals surface area contributed by atoms with Gasteiger partial charge in [0.05, 0.1) is 19.4 Å². The summed E-state index contributed by atoms with van der Waals surface area (Å²) in [7, 11) is 0. The highest BCUT2D eigenvalue weighted by Crippen LogP contribution is 2.15. The Morgan fingerprint density at radius 3 is 3.18 bits per heavy atom. The van der Waals surface area contributed by atoms with E-state index in [9.17, 15) is 0 Å². The summed E-state index contributed by atoms with van der Waals surface area (Å²) in [6.07, 6.45) is 5.63. The molecule has 5 heteroatoms. The molecule has 17 heavy (non-hydrogen) atoms. The van der Waals surface area contributed by atoms with E-state index in [0.29, 0.717) is 6.54 Å². The first-order valence-electron chi connectivity index (χ1n) is 5.84. The summed E-state index contributed by atoms with van der Waals surface area (Å²) >= 11 is 0. The lowest BCUT2D eigenvalue weighted by molar-refractivity contribution is 0.194. The van der Waals surface area contributed by atoms with Crippen molar-refractivity contribution in [2.45, 2.75) is 26.2 Å². The highest BCUT2D eigenvalue weighted by molar-refractivity contribution is 5.12. The van der Waals surface area contributed by atoms with Crippen molar-refractivity contribution in [2.75, 3.05) is 6.54 Å². The maximum absolute atomic E-state index is 5.56. The van der Waals surface area contributed by atoms with Crippen LogP contribution in [0.4, 0.5) is 0 Å². The minimum absolute atomic E-state index is 0.536. The van der Waals surface area contributed by atoms with Gasteiger partial charge in [0.25, 0.3) is 0 Å². The van der Waals surface area contributed by atoms with E-state index in [4.69, 9.17) is 10.2 Å². The van der Waals surface area contributed by atoms with Gasteiger partial charge in [0.15, 0.2) is 0 Å². The van der Waals surface area contributed by atoms with Crippen molar-refractivity contribution in [1.82, 2.24) is 14.5 Å². The van der Waals surface area contributed by atoms with Crippen LogP contribution in [-0.4, -0.2) is 21.0 Å². The molecule has 3 rings (SSSR count). The molecule has 3 heterocycles. The molecule has 0 spiro atoms. The van der Waals surface area contributed by atoms with Crippen molar-refractivity contribution in [2.24, 2.45) is 5.73 Å². The quantitative estimate of drug-likeness (QED) is 0.856. The normalized spacial score (nSPS) is 16.1. The Kier molecular flexibility index (Phi) is 2.70. The first-order chi connectivity index (χ1) is 8.35. The van der Waals surface area contributed by atoms with E-state index >= 15 is 0 Å². The van der Waals surface area contributed by atoms with Gasteiger partial charge >= 0.3 is 0 Å².